The first-order valence-corrected chi connectivity index (χ1v) is 8.91. The molecule has 10 heteroatoms. The minimum absolute atomic E-state index is 0.158. The van der Waals surface area contributed by atoms with Crippen LogP contribution in [0, 0.1) is 17.2 Å². The van der Waals surface area contributed by atoms with Crippen molar-refractivity contribution in [3.63, 3.8) is 0 Å². The van der Waals surface area contributed by atoms with Crippen LogP contribution in [0.15, 0.2) is 34.1 Å². The summed E-state index contributed by atoms with van der Waals surface area (Å²) in [5, 5.41) is 8.41. The second-order valence-electron chi connectivity index (χ2n) is 4.25. The summed E-state index contributed by atoms with van der Waals surface area (Å²) >= 11 is 0. The zero-order chi connectivity index (χ0) is 16.5. The van der Waals surface area contributed by atoms with Crippen molar-refractivity contribution in [2.45, 2.75) is 16.0 Å². The molecule has 0 aliphatic heterocycles. The predicted octanol–water partition coefficient (Wildman–Crippen LogP) is 1.57. The molecule has 0 aliphatic rings. The highest BCUT2D eigenvalue weighted by Gasteiger charge is 2.43. The highest BCUT2D eigenvalue weighted by molar-refractivity contribution is 7.91. The first-order chi connectivity index (χ1) is 9.38. The fourth-order valence-electron chi connectivity index (χ4n) is 1.41. The van der Waals surface area contributed by atoms with E-state index in [1.807, 2.05) is 0 Å². The largest absolute Gasteiger partial charge is 0.405 e. The van der Waals surface area contributed by atoms with Gasteiger partial charge in [-0.15, -0.1) is 0 Å². The average Bonchev–Trinajstić information content (AvgIpc) is 2.34. The smallest absolute Gasteiger partial charge is 0.224 e. The fraction of sp³-hybridized carbons (Fsp3) is 0.364. The molecule has 0 spiro atoms. The third kappa shape index (κ3) is 4.44. The third-order valence-electron chi connectivity index (χ3n) is 2.55. The number of sulfone groups is 2. The van der Waals surface area contributed by atoms with E-state index in [9.17, 15) is 30.0 Å². The summed E-state index contributed by atoms with van der Waals surface area (Å²) in [6.45, 7) is 0. The lowest BCUT2D eigenvalue weighted by Crippen LogP contribution is -2.28. The van der Waals surface area contributed by atoms with Crippen molar-refractivity contribution in [2.75, 3.05) is 12.0 Å². The summed E-state index contributed by atoms with van der Waals surface area (Å²) < 4.78 is 83.3. The van der Waals surface area contributed by atoms with E-state index in [0.717, 1.165) is 36.6 Å². The van der Waals surface area contributed by atoms with E-state index in [0.29, 0.717) is 0 Å². The first kappa shape index (κ1) is 17.5. The number of nitrogens with zero attached hydrogens (tertiary/aromatic N) is 1. The zero-order valence-electron chi connectivity index (χ0n) is 10.6. The van der Waals surface area contributed by atoms with Gasteiger partial charge in [0.05, 0.1) is 21.6 Å². The standard InChI is InChI=1S/C11H10F3NO4S2/c1-20(16,17)9-2-4-10(5-3-9)21(18,19)7-8(6-15)11(12,13)14/h2-5,8H,7H2,1H3. The number of rotatable bonds is 4. The van der Waals surface area contributed by atoms with E-state index in [1.165, 1.54) is 0 Å². The van der Waals surface area contributed by atoms with Crippen molar-refractivity contribution in [1.82, 2.24) is 0 Å². The van der Waals surface area contributed by atoms with Crippen LogP contribution in [0.5, 0.6) is 0 Å². The Kier molecular flexibility index (Phi) is 4.70. The maximum atomic E-state index is 12.4. The van der Waals surface area contributed by atoms with Gasteiger partial charge in [0.1, 0.15) is 0 Å². The molecule has 5 nitrogen and oxygen atoms in total. The van der Waals surface area contributed by atoms with E-state index in [4.69, 9.17) is 5.26 Å². The van der Waals surface area contributed by atoms with E-state index in [1.54, 1.807) is 0 Å². The molecule has 1 rings (SSSR count). The van der Waals surface area contributed by atoms with Gasteiger partial charge in [0, 0.05) is 6.26 Å². The molecular formula is C11H10F3NO4S2. The Balaban J connectivity index is 3.13. The van der Waals surface area contributed by atoms with Gasteiger partial charge in [-0.2, -0.15) is 18.4 Å². The number of hydrogen-bond acceptors (Lipinski definition) is 5. The molecule has 1 unspecified atom stereocenters. The van der Waals surface area contributed by atoms with Gasteiger partial charge in [-0.25, -0.2) is 16.8 Å². The van der Waals surface area contributed by atoms with Crippen LogP contribution in [0.3, 0.4) is 0 Å². The third-order valence-corrected chi connectivity index (χ3v) is 5.44. The molecule has 1 aromatic rings. The number of hydrogen-bond donors (Lipinski definition) is 0. The summed E-state index contributed by atoms with van der Waals surface area (Å²) in [6, 6.07) is 4.67. The maximum absolute atomic E-state index is 12.4. The summed E-state index contributed by atoms with van der Waals surface area (Å²) in [7, 11) is -7.90. The van der Waals surface area contributed by atoms with E-state index >= 15 is 0 Å². The van der Waals surface area contributed by atoms with Gasteiger partial charge in [0.25, 0.3) is 0 Å². The molecule has 0 radical (unpaired) electrons. The van der Waals surface area contributed by atoms with Crippen molar-refractivity contribution in [3.8, 4) is 6.07 Å². The van der Waals surface area contributed by atoms with Gasteiger partial charge >= 0.3 is 6.18 Å². The van der Waals surface area contributed by atoms with Crippen molar-refractivity contribution in [1.29, 1.82) is 5.26 Å². The minimum Gasteiger partial charge on any atom is -0.224 e. The molecule has 0 saturated heterocycles. The molecule has 0 saturated carbocycles. The van der Waals surface area contributed by atoms with Crippen molar-refractivity contribution >= 4 is 19.7 Å². The fourth-order valence-corrected chi connectivity index (χ4v) is 3.49. The van der Waals surface area contributed by atoms with Gasteiger partial charge in [0.2, 0.25) is 0 Å². The Morgan fingerprint density at radius 1 is 1.10 bits per heavy atom. The highest BCUT2D eigenvalue weighted by atomic mass is 32.2. The number of halogens is 3. The normalized spacial score (nSPS) is 14.4. The first-order valence-electron chi connectivity index (χ1n) is 5.37. The summed E-state index contributed by atoms with van der Waals surface area (Å²) in [5.41, 5.74) is 0. The Labute approximate surface area is 119 Å². The van der Waals surface area contributed by atoms with Crippen molar-refractivity contribution in [2.24, 2.45) is 5.92 Å². The molecule has 0 amide bonds. The van der Waals surface area contributed by atoms with Gasteiger partial charge in [-0.1, -0.05) is 0 Å². The molecule has 21 heavy (non-hydrogen) atoms. The molecule has 0 bridgehead atoms. The van der Waals surface area contributed by atoms with Gasteiger partial charge in [-0.3, -0.25) is 0 Å². The molecule has 0 aliphatic carbocycles. The highest BCUT2D eigenvalue weighted by Crippen LogP contribution is 2.28. The van der Waals surface area contributed by atoms with Crippen LogP contribution in [-0.2, 0) is 19.7 Å². The lowest BCUT2D eigenvalue weighted by atomic mass is 10.2. The Bertz CT molecular complexity index is 759. The van der Waals surface area contributed by atoms with Gasteiger partial charge < -0.3 is 0 Å². The average molecular weight is 341 g/mol. The maximum Gasteiger partial charge on any atom is 0.405 e. The van der Waals surface area contributed by atoms with Crippen LogP contribution < -0.4 is 0 Å². The predicted molar refractivity (Wildman–Crippen MR) is 66.8 cm³/mol. The van der Waals surface area contributed by atoms with Crippen LogP contribution in [-0.4, -0.2) is 35.0 Å². The molecule has 116 valence electrons. The topological polar surface area (TPSA) is 92.1 Å². The molecule has 0 fully saturated rings. The molecule has 0 heterocycles. The molecule has 1 atom stereocenters. The zero-order valence-corrected chi connectivity index (χ0v) is 12.3. The van der Waals surface area contributed by atoms with Gasteiger partial charge in [0.15, 0.2) is 25.6 Å². The van der Waals surface area contributed by atoms with Crippen LogP contribution in [0.4, 0.5) is 13.2 Å². The summed E-state index contributed by atoms with van der Waals surface area (Å²) in [4.78, 5) is -0.631. The SMILES string of the molecule is CS(=O)(=O)c1ccc(S(=O)(=O)CC(C#N)C(F)(F)F)cc1. The summed E-state index contributed by atoms with van der Waals surface area (Å²) in [6.07, 6.45) is -4.04. The summed E-state index contributed by atoms with van der Waals surface area (Å²) in [5.74, 6) is -4.05. The number of nitriles is 1. The Hall–Kier alpha value is -1.60. The lowest BCUT2D eigenvalue weighted by Gasteiger charge is -2.13. The number of benzene rings is 1. The quantitative estimate of drug-likeness (QED) is 0.829. The second kappa shape index (κ2) is 5.65. The molecular weight excluding hydrogens is 331 g/mol. The Morgan fingerprint density at radius 2 is 1.52 bits per heavy atom. The minimum atomic E-state index is -4.95. The molecule has 1 aromatic carbocycles. The molecule has 0 aromatic heterocycles. The molecule has 0 N–H and O–H groups in total. The Morgan fingerprint density at radius 3 is 1.86 bits per heavy atom. The van der Waals surface area contributed by atoms with Crippen LogP contribution >= 0.6 is 0 Å². The van der Waals surface area contributed by atoms with Crippen LogP contribution in [0.25, 0.3) is 0 Å². The van der Waals surface area contributed by atoms with Gasteiger partial charge in [-0.05, 0) is 24.3 Å². The van der Waals surface area contributed by atoms with E-state index in [-0.39, 0.29) is 4.90 Å². The lowest BCUT2D eigenvalue weighted by molar-refractivity contribution is -0.153. The van der Waals surface area contributed by atoms with Crippen molar-refractivity contribution in [3.05, 3.63) is 24.3 Å². The van der Waals surface area contributed by atoms with E-state index in [2.05, 4.69) is 0 Å². The monoisotopic (exact) mass is 341 g/mol. The van der Waals surface area contributed by atoms with Crippen LogP contribution in [0.2, 0.25) is 0 Å². The van der Waals surface area contributed by atoms with E-state index < -0.39 is 42.4 Å². The second-order valence-corrected chi connectivity index (χ2v) is 8.30. The van der Waals surface area contributed by atoms with Crippen molar-refractivity contribution < 1.29 is 30.0 Å². The number of alkyl halides is 3. The van der Waals surface area contributed by atoms with Crippen LogP contribution in [0.1, 0.15) is 0 Å².